The van der Waals surface area contributed by atoms with Crippen LogP contribution in [0.25, 0.3) is 0 Å². The predicted octanol–water partition coefficient (Wildman–Crippen LogP) is 4.39. The molecule has 0 aliphatic carbocycles. The molecule has 0 aliphatic rings. The van der Waals surface area contributed by atoms with Crippen LogP contribution in [0, 0.1) is 11.6 Å². The summed E-state index contributed by atoms with van der Waals surface area (Å²) in [6, 6.07) is 7.45. The lowest BCUT2D eigenvalue weighted by Crippen LogP contribution is -2.29. The first-order valence-electron chi connectivity index (χ1n) is 7.39. The van der Waals surface area contributed by atoms with Crippen molar-refractivity contribution in [2.75, 3.05) is 26.1 Å². The highest BCUT2D eigenvalue weighted by Gasteiger charge is 2.15. The van der Waals surface area contributed by atoms with Crippen LogP contribution in [0.5, 0.6) is 5.88 Å². The maximum absolute atomic E-state index is 13.3. The number of methoxy groups -OCH3 is 1. The van der Waals surface area contributed by atoms with Crippen molar-refractivity contribution in [3.8, 4) is 5.88 Å². The molecule has 0 bridgehead atoms. The van der Waals surface area contributed by atoms with Gasteiger partial charge in [-0.25, -0.2) is 13.8 Å². The molecule has 130 valence electrons. The van der Waals surface area contributed by atoms with Crippen LogP contribution in [-0.2, 0) is 6.54 Å². The van der Waals surface area contributed by atoms with E-state index in [1.54, 1.807) is 25.4 Å². The molecular formula is C17H18Cl2F2N2O. The average Bonchev–Trinajstić information content (AvgIpc) is 2.58. The van der Waals surface area contributed by atoms with Gasteiger partial charge in [0.1, 0.15) is 0 Å². The Hall–Kier alpha value is -1.43. The number of alkyl halides is 2. The van der Waals surface area contributed by atoms with Gasteiger partial charge in [0.15, 0.2) is 11.6 Å². The van der Waals surface area contributed by atoms with E-state index in [9.17, 15) is 8.78 Å². The fourth-order valence-electron chi connectivity index (χ4n) is 2.28. The quantitative estimate of drug-likeness (QED) is 0.640. The largest absolute Gasteiger partial charge is 0.481 e. The summed E-state index contributed by atoms with van der Waals surface area (Å²) in [6.07, 6.45) is 1.66. The van der Waals surface area contributed by atoms with Crippen LogP contribution in [0.15, 0.2) is 36.5 Å². The zero-order chi connectivity index (χ0) is 17.5. The molecule has 1 aromatic heterocycles. The smallest absolute Gasteiger partial charge is 0.212 e. The molecule has 0 saturated carbocycles. The van der Waals surface area contributed by atoms with E-state index in [4.69, 9.17) is 27.9 Å². The lowest BCUT2D eigenvalue weighted by atomic mass is 10.1. The molecule has 24 heavy (non-hydrogen) atoms. The SMILES string of the molecule is COc1ccc(C(Cl)CN(CCCl)Cc2ccc(F)c(F)c2)cn1. The molecule has 0 amide bonds. The molecule has 0 spiro atoms. The van der Waals surface area contributed by atoms with E-state index < -0.39 is 11.6 Å². The Morgan fingerprint density at radius 2 is 2.00 bits per heavy atom. The van der Waals surface area contributed by atoms with Gasteiger partial charge >= 0.3 is 0 Å². The van der Waals surface area contributed by atoms with Crippen molar-refractivity contribution in [3.05, 3.63) is 59.3 Å². The molecule has 0 aliphatic heterocycles. The number of nitrogens with zero attached hydrogens (tertiary/aromatic N) is 2. The van der Waals surface area contributed by atoms with Gasteiger partial charge in [0.2, 0.25) is 5.88 Å². The lowest BCUT2D eigenvalue weighted by Gasteiger charge is -2.24. The summed E-state index contributed by atoms with van der Waals surface area (Å²) in [7, 11) is 1.55. The molecule has 1 heterocycles. The fourth-order valence-corrected chi connectivity index (χ4v) is 2.84. The number of pyridine rings is 1. The van der Waals surface area contributed by atoms with Crippen molar-refractivity contribution in [3.63, 3.8) is 0 Å². The van der Waals surface area contributed by atoms with Crippen LogP contribution >= 0.6 is 23.2 Å². The Morgan fingerprint density at radius 3 is 2.58 bits per heavy atom. The second-order valence-corrected chi connectivity index (χ2v) is 6.18. The van der Waals surface area contributed by atoms with Gasteiger partial charge in [0.05, 0.1) is 12.5 Å². The van der Waals surface area contributed by atoms with Crippen LogP contribution in [0.3, 0.4) is 0 Å². The lowest BCUT2D eigenvalue weighted by molar-refractivity contribution is 0.281. The minimum Gasteiger partial charge on any atom is -0.481 e. The summed E-state index contributed by atoms with van der Waals surface area (Å²) in [6.45, 7) is 1.51. The van der Waals surface area contributed by atoms with E-state index >= 15 is 0 Å². The summed E-state index contributed by atoms with van der Waals surface area (Å²) < 4.78 is 31.4. The van der Waals surface area contributed by atoms with Crippen LogP contribution in [0.2, 0.25) is 0 Å². The predicted molar refractivity (Wildman–Crippen MR) is 91.7 cm³/mol. The first-order valence-corrected chi connectivity index (χ1v) is 8.37. The Morgan fingerprint density at radius 1 is 1.21 bits per heavy atom. The summed E-state index contributed by atoms with van der Waals surface area (Å²) in [5, 5.41) is -0.308. The van der Waals surface area contributed by atoms with E-state index in [0.717, 1.165) is 11.6 Å². The second kappa shape index (κ2) is 9.16. The van der Waals surface area contributed by atoms with Crippen molar-refractivity contribution in [2.24, 2.45) is 0 Å². The van der Waals surface area contributed by atoms with Crippen LogP contribution in [0.4, 0.5) is 8.78 Å². The van der Waals surface area contributed by atoms with Crippen LogP contribution < -0.4 is 4.74 Å². The van der Waals surface area contributed by atoms with Crippen molar-refractivity contribution in [1.29, 1.82) is 0 Å². The molecule has 2 aromatic rings. The Kier molecular flexibility index (Phi) is 7.21. The molecule has 1 unspecified atom stereocenters. The summed E-state index contributed by atoms with van der Waals surface area (Å²) in [5.74, 6) is -0.793. The average molecular weight is 375 g/mol. The van der Waals surface area contributed by atoms with Gasteiger partial charge in [0.25, 0.3) is 0 Å². The van der Waals surface area contributed by atoms with Crippen molar-refractivity contribution >= 4 is 23.2 Å². The number of hydrogen-bond donors (Lipinski definition) is 0. The molecule has 0 saturated heterocycles. The Bertz CT molecular complexity index is 656. The molecule has 1 aromatic carbocycles. The van der Waals surface area contributed by atoms with Crippen molar-refractivity contribution < 1.29 is 13.5 Å². The number of ether oxygens (including phenoxy) is 1. The third kappa shape index (κ3) is 5.30. The summed E-state index contributed by atoms with van der Waals surface area (Å²) >= 11 is 12.3. The van der Waals surface area contributed by atoms with Gasteiger partial charge in [0, 0.05) is 37.8 Å². The van der Waals surface area contributed by atoms with Crippen molar-refractivity contribution in [1.82, 2.24) is 9.88 Å². The third-order valence-electron chi connectivity index (χ3n) is 3.54. The highest BCUT2D eigenvalue weighted by Crippen LogP contribution is 2.23. The van der Waals surface area contributed by atoms with Gasteiger partial charge < -0.3 is 4.74 Å². The summed E-state index contributed by atoms with van der Waals surface area (Å²) in [4.78, 5) is 6.12. The number of benzene rings is 1. The standard InChI is InChI=1S/C17H18Cl2F2N2O/c1-24-17-5-3-13(9-22-17)14(19)11-23(7-6-18)10-12-2-4-15(20)16(21)8-12/h2-5,8-9,14H,6-7,10-11H2,1H3. The zero-order valence-electron chi connectivity index (χ0n) is 13.2. The Labute approximate surface area is 150 Å². The van der Waals surface area contributed by atoms with E-state index in [0.29, 0.717) is 37.0 Å². The third-order valence-corrected chi connectivity index (χ3v) is 4.10. The highest BCUT2D eigenvalue weighted by atomic mass is 35.5. The number of rotatable bonds is 8. The van der Waals surface area contributed by atoms with Gasteiger partial charge in [-0.15, -0.1) is 23.2 Å². The first-order chi connectivity index (χ1) is 11.5. The zero-order valence-corrected chi connectivity index (χ0v) is 14.7. The minimum absolute atomic E-state index is 0.308. The van der Waals surface area contributed by atoms with Gasteiger partial charge in [-0.3, -0.25) is 4.90 Å². The van der Waals surface area contributed by atoms with Crippen LogP contribution in [0.1, 0.15) is 16.5 Å². The van der Waals surface area contributed by atoms with E-state index in [-0.39, 0.29) is 5.38 Å². The van der Waals surface area contributed by atoms with E-state index in [2.05, 4.69) is 4.98 Å². The maximum atomic E-state index is 13.3. The summed E-state index contributed by atoms with van der Waals surface area (Å²) in [5.41, 5.74) is 1.51. The molecule has 1 atom stereocenters. The normalized spacial score (nSPS) is 12.4. The topological polar surface area (TPSA) is 25.4 Å². The number of aromatic nitrogens is 1. The fraction of sp³-hybridized carbons (Fsp3) is 0.353. The minimum atomic E-state index is -0.861. The van der Waals surface area contributed by atoms with Gasteiger partial charge in [-0.05, 0) is 23.3 Å². The Balaban J connectivity index is 2.04. The van der Waals surface area contributed by atoms with Gasteiger partial charge in [-0.2, -0.15) is 0 Å². The second-order valence-electron chi connectivity index (χ2n) is 5.27. The molecular weight excluding hydrogens is 357 g/mol. The molecule has 0 radical (unpaired) electrons. The maximum Gasteiger partial charge on any atom is 0.212 e. The monoisotopic (exact) mass is 374 g/mol. The first kappa shape index (κ1) is 18.9. The van der Waals surface area contributed by atoms with E-state index in [1.807, 2.05) is 11.0 Å². The molecule has 2 rings (SSSR count). The number of halogens is 4. The highest BCUT2D eigenvalue weighted by molar-refractivity contribution is 6.21. The molecule has 0 N–H and O–H groups in total. The number of hydrogen-bond acceptors (Lipinski definition) is 3. The van der Waals surface area contributed by atoms with Crippen molar-refractivity contribution in [2.45, 2.75) is 11.9 Å². The van der Waals surface area contributed by atoms with Crippen LogP contribution in [-0.4, -0.2) is 36.0 Å². The van der Waals surface area contributed by atoms with Gasteiger partial charge in [-0.1, -0.05) is 12.1 Å². The molecule has 0 fully saturated rings. The van der Waals surface area contributed by atoms with E-state index in [1.165, 1.54) is 6.07 Å². The molecule has 7 heteroatoms. The molecule has 3 nitrogen and oxygen atoms in total.